The number of anilines is 2. The first-order valence-corrected chi connectivity index (χ1v) is 8.06. The van der Waals surface area contributed by atoms with Crippen molar-refractivity contribution in [1.29, 1.82) is 0 Å². The van der Waals surface area contributed by atoms with E-state index in [2.05, 4.69) is 20.5 Å². The molecule has 2 N–H and O–H groups in total. The average Bonchev–Trinajstić information content (AvgIpc) is 2.56. The molecular formula is C17H21ClN4O3. The second kappa shape index (κ2) is 7.57. The van der Waals surface area contributed by atoms with Crippen LogP contribution in [0.4, 0.5) is 16.2 Å². The summed E-state index contributed by atoms with van der Waals surface area (Å²) in [6.07, 6.45) is 1.02. The fraction of sp³-hybridized carbons (Fsp3) is 0.353. The Balaban J connectivity index is 2.08. The van der Waals surface area contributed by atoms with Crippen LogP contribution in [0, 0.1) is 0 Å². The Morgan fingerprint density at radius 3 is 2.48 bits per heavy atom. The number of rotatable bonds is 4. The first kappa shape index (κ1) is 18.8. The lowest BCUT2D eigenvalue weighted by Crippen LogP contribution is -2.36. The summed E-state index contributed by atoms with van der Waals surface area (Å²) in [4.78, 5) is 23.4. The predicted molar refractivity (Wildman–Crippen MR) is 98.3 cm³/mol. The molecule has 8 heteroatoms. The van der Waals surface area contributed by atoms with Crippen LogP contribution >= 0.6 is 11.6 Å². The Morgan fingerprint density at radius 2 is 1.92 bits per heavy atom. The van der Waals surface area contributed by atoms with E-state index in [1.807, 2.05) is 32.9 Å². The van der Waals surface area contributed by atoms with E-state index in [0.29, 0.717) is 17.9 Å². The van der Waals surface area contributed by atoms with Gasteiger partial charge >= 0.3 is 6.09 Å². The number of nitrogens with zero attached hydrogens (tertiary/aromatic N) is 2. The maximum atomic E-state index is 12.3. The van der Waals surface area contributed by atoms with Crippen LogP contribution in [0.3, 0.4) is 0 Å². The van der Waals surface area contributed by atoms with Gasteiger partial charge in [0.2, 0.25) is 0 Å². The van der Waals surface area contributed by atoms with E-state index in [1.54, 1.807) is 18.3 Å². The molecule has 1 aromatic carbocycles. The lowest BCUT2D eigenvalue weighted by atomic mass is 10.1. The molecule has 0 atom stereocenters. The smallest absolute Gasteiger partial charge is 0.411 e. The normalized spacial score (nSPS) is 11.1. The summed E-state index contributed by atoms with van der Waals surface area (Å²) in [7, 11) is 1.30. The van der Waals surface area contributed by atoms with E-state index in [4.69, 9.17) is 11.6 Å². The maximum absolute atomic E-state index is 12.3. The Labute approximate surface area is 151 Å². The van der Waals surface area contributed by atoms with Crippen molar-refractivity contribution >= 4 is 29.1 Å². The molecule has 2 rings (SSSR count). The minimum absolute atomic E-state index is 0.105. The molecule has 0 saturated heterocycles. The number of methoxy groups -OCH3 is 1. The number of halogens is 1. The third kappa shape index (κ3) is 4.73. The Hall–Kier alpha value is -2.54. The molecule has 1 amide bonds. The van der Waals surface area contributed by atoms with Crippen LogP contribution in [0.1, 0.15) is 26.3 Å². The molecule has 0 bridgehead atoms. The topological polar surface area (TPSA) is 85.2 Å². The highest BCUT2D eigenvalue weighted by Crippen LogP contribution is 2.19. The van der Waals surface area contributed by atoms with Crippen LogP contribution in [-0.2, 0) is 16.8 Å². The Kier molecular flexibility index (Phi) is 5.69. The lowest BCUT2D eigenvalue weighted by Gasteiger charge is -2.21. The highest BCUT2D eigenvalue weighted by atomic mass is 35.5. The zero-order valence-corrected chi connectivity index (χ0v) is 15.3. The molecule has 0 aliphatic rings. The van der Waals surface area contributed by atoms with Gasteiger partial charge in [0, 0.05) is 12.2 Å². The molecule has 0 aliphatic heterocycles. The summed E-state index contributed by atoms with van der Waals surface area (Å²) in [5, 5.41) is 9.95. The van der Waals surface area contributed by atoms with Crippen LogP contribution in [0.5, 0.6) is 0 Å². The van der Waals surface area contributed by atoms with Crippen molar-refractivity contribution in [3.8, 4) is 0 Å². The highest BCUT2D eigenvalue weighted by molar-refractivity contribution is 6.32. The van der Waals surface area contributed by atoms with Gasteiger partial charge in [-0.15, -0.1) is 0 Å². The van der Waals surface area contributed by atoms with Crippen molar-refractivity contribution < 1.29 is 9.53 Å². The predicted octanol–water partition coefficient (Wildman–Crippen LogP) is 3.44. The first-order chi connectivity index (χ1) is 11.7. The molecule has 134 valence electrons. The Bertz CT molecular complexity index is 810. The summed E-state index contributed by atoms with van der Waals surface area (Å²) >= 11 is 6.17. The fourth-order valence-electron chi connectivity index (χ4n) is 2.11. The minimum Gasteiger partial charge on any atom is -0.453 e. The quantitative estimate of drug-likeness (QED) is 0.868. The number of hydrogen-bond donors (Lipinski definition) is 2. The zero-order chi connectivity index (χ0) is 18.6. The van der Waals surface area contributed by atoms with E-state index in [-0.39, 0.29) is 10.6 Å². The van der Waals surface area contributed by atoms with Crippen LogP contribution < -0.4 is 16.2 Å². The summed E-state index contributed by atoms with van der Waals surface area (Å²) < 4.78 is 5.89. The number of ether oxygens (including phenoxy) is 1. The fourth-order valence-corrected chi connectivity index (χ4v) is 2.30. The summed E-state index contributed by atoms with van der Waals surface area (Å²) in [5.41, 5.74) is 1.28. The van der Waals surface area contributed by atoms with Gasteiger partial charge in [-0.25, -0.2) is 9.48 Å². The molecule has 7 nitrogen and oxygen atoms in total. The monoisotopic (exact) mass is 364 g/mol. The number of hydrogen-bond acceptors (Lipinski definition) is 5. The largest absolute Gasteiger partial charge is 0.453 e. The summed E-state index contributed by atoms with van der Waals surface area (Å²) in [6.45, 7) is 6.11. The van der Waals surface area contributed by atoms with Crippen LogP contribution in [0.2, 0.25) is 5.02 Å². The van der Waals surface area contributed by atoms with Gasteiger partial charge in [0.15, 0.2) is 0 Å². The Morgan fingerprint density at radius 1 is 1.28 bits per heavy atom. The molecule has 25 heavy (non-hydrogen) atoms. The lowest BCUT2D eigenvalue weighted by molar-refractivity contribution is 0.187. The van der Waals surface area contributed by atoms with E-state index in [9.17, 15) is 9.59 Å². The van der Waals surface area contributed by atoms with Crippen molar-refractivity contribution in [1.82, 2.24) is 9.78 Å². The van der Waals surface area contributed by atoms with Crippen molar-refractivity contribution in [2.24, 2.45) is 0 Å². The third-order valence-electron chi connectivity index (χ3n) is 3.42. The first-order valence-electron chi connectivity index (χ1n) is 7.68. The number of amides is 1. The van der Waals surface area contributed by atoms with Gasteiger partial charge in [-0.1, -0.05) is 23.7 Å². The number of carbonyl (C=O) groups excluding carboxylic acids is 1. The average molecular weight is 365 g/mol. The van der Waals surface area contributed by atoms with Crippen LogP contribution in [-0.4, -0.2) is 23.0 Å². The second-order valence-electron chi connectivity index (χ2n) is 6.43. The second-order valence-corrected chi connectivity index (χ2v) is 6.81. The summed E-state index contributed by atoms with van der Waals surface area (Å²) in [6, 6.07) is 7.20. The van der Waals surface area contributed by atoms with Gasteiger partial charge in [-0.2, -0.15) is 5.10 Å². The van der Waals surface area contributed by atoms with E-state index in [0.717, 1.165) is 5.56 Å². The number of carbonyl (C=O) groups is 1. The number of nitrogens with one attached hydrogen (secondary N) is 2. The van der Waals surface area contributed by atoms with E-state index >= 15 is 0 Å². The van der Waals surface area contributed by atoms with Gasteiger partial charge in [-0.3, -0.25) is 10.1 Å². The molecule has 0 fully saturated rings. The molecule has 0 unspecified atom stereocenters. The number of benzene rings is 1. The van der Waals surface area contributed by atoms with Gasteiger partial charge in [0.1, 0.15) is 5.02 Å². The van der Waals surface area contributed by atoms with Crippen molar-refractivity contribution in [3.05, 3.63) is 51.4 Å². The SMILES string of the molecule is COC(=O)Nc1ccc(CNc2cnn(C(C)(C)C)c(=O)c2Cl)cc1. The van der Waals surface area contributed by atoms with Gasteiger partial charge in [0.05, 0.1) is 24.5 Å². The van der Waals surface area contributed by atoms with E-state index < -0.39 is 11.6 Å². The molecule has 0 saturated carbocycles. The molecule has 2 aromatic rings. The van der Waals surface area contributed by atoms with E-state index in [1.165, 1.54) is 11.8 Å². The highest BCUT2D eigenvalue weighted by Gasteiger charge is 2.19. The molecule has 1 aromatic heterocycles. The van der Waals surface area contributed by atoms with Gasteiger partial charge in [-0.05, 0) is 38.5 Å². The van der Waals surface area contributed by atoms with Crippen molar-refractivity contribution in [3.63, 3.8) is 0 Å². The minimum atomic E-state index is -0.525. The van der Waals surface area contributed by atoms with Crippen LogP contribution in [0.25, 0.3) is 0 Å². The standard InChI is InChI=1S/C17H21ClN4O3/c1-17(2,3)22-15(23)14(18)13(10-20-22)19-9-11-5-7-12(8-6-11)21-16(24)25-4/h5-8,10,19H,9H2,1-4H3,(H,21,24). The maximum Gasteiger partial charge on any atom is 0.411 e. The van der Waals surface area contributed by atoms with Crippen molar-refractivity contribution in [2.45, 2.75) is 32.9 Å². The zero-order valence-electron chi connectivity index (χ0n) is 14.6. The summed E-state index contributed by atoms with van der Waals surface area (Å²) in [5.74, 6) is 0. The molecular weight excluding hydrogens is 344 g/mol. The number of aromatic nitrogens is 2. The van der Waals surface area contributed by atoms with Gasteiger partial charge < -0.3 is 10.1 Å². The molecule has 1 heterocycles. The van der Waals surface area contributed by atoms with Crippen LogP contribution in [0.15, 0.2) is 35.3 Å². The molecule has 0 radical (unpaired) electrons. The molecule has 0 spiro atoms. The third-order valence-corrected chi connectivity index (χ3v) is 3.79. The van der Waals surface area contributed by atoms with Gasteiger partial charge in [0.25, 0.3) is 5.56 Å². The molecule has 0 aliphatic carbocycles. The van der Waals surface area contributed by atoms with Crippen molar-refractivity contribution in [2.75, 3.05) is 17.7 Å².